The fourth-order valence-electron chi connectivity index (χ4n) is 3.44. The van der Waals surface area contributed by atoms with Crippen molar-refractivity contribution in [2.75, 3.05) is 40.0 Å². The minimum absolute atomic E-state index is 0.237. The normalized spacial score (nSPS) is 24.8. The molecule has 116 valence electrons. The molecular weight excluding hydrogens is 266 g/mol. The second-order valence-electron chi connectivity index (χ2n) is 6.07. The maximum atomic E-state index is 6.10. The Bertz CT molecular complexity index is 494. The van der Waals surface area contributed by atoms with Crippen molar-refractivity contribution in [3.63, 3.8) is 0 Å². The Hall–Kier alpha value is -1.30. The average molecular weight is 291 g/mol. The van der Waals surface area contributed by atoms with Crippen LogP contribution >= 0.6 is 0 Å². The first-order valence-electron chi connectivity index (χ1n) is 7.73. The highest BCUT2D eigenvalue weighted by molar-refractivity contribution is 5.45. The Morgan fingerprint density at radius 2 is 2.10 bits per heavy atom. The summed E-state index contributed by atoms with van der Waals surface area (Å²) in [4.78, 5) is 4.93. The van der Waals surface area contributed by atoms with Crippen LogP contribution in [0.25, 0.3) is 0 Å². The van der Waals surface area contributed by atoms with Gasteiger partial charge in [-0.25, -0.2) is 0 Å². The predicted molar refractivity (Wildman–Crippen MR) is 82.6 cm³/mol. The summed E-state index contributed by atoms with van der Waals surface area (Å²) in [6, 6.07) is 6.93. The molecule has 3 rings (SSSR count). The van der Waals surface area contributed by atoms with Gasteiger partial charge in [0.15, 0.2) is 11.5 Å². The van der Waals surface area contributed by atoms with Crippen LogP contribution in [0.2, 0.25) is 0 Å². The molecule has 21 heavy (non-hydrogen) atoms. The number of ether oxygens (including phenoxy) is 2. The highest BCUT2D eigenvalue weighted by Crippen LogP contribution is 2.36. The van der Waals surface area contributed by atoms with Crippen molar-refractivity contribution in [2.24, 2.45) is 5.73 Å². The van der Waals surface area contributed by atoms with E-state index < -0.39 is 0 Å². The third-order valence-electron chi connectivity index (χ3n) is 4.50. The molecule has 2 heterocycles. The van der Waals surface area contributed by atoms with Crippen LogP contribution in [0.1, 0.15) is 24.9 Å². The molecule has 1 aromatic rings. The summed E-state index contributed by atoms with van der Waals surface area (Å²) >= 11 is 0. The number of likely N-dealkylation sites (N-methyl/N-ethyl adjacent to an activating group) is 1. The molecule has 0 aromatic heterocycles. The molecule has 0 amide bonds. The van der Waals surface area contributed by atoms with Gasteiger partial charge >= 0.3 is 0 Å². The van der Waals surface area contributed by atoms with E-state index >= 15 is 0 Å². The van der Waals surface area contributed by atoms with Gasteiger partial charge in [0.2, 0.25) is 6.79 Å². The minimum atomic E-state index is 0.237. The Morgan fingerprint density at radius 3 is 2.90 bits per heavy atom. The lowest BCUT2D eigenvalue weighted by Crippen LogP contribution is -2.42. The van der Waals surface area contributed by atoms with Crippen LogP contribution in [0.3, 0.4) is 0 Å². The lowest BCUT2D eigenvalue weighted by Gasteiger charge is -2.35. The van der Waals surface area contributed by atoms with Crippen molar-refractivity contribution >= 4 is 0 Å². The van der Waals surface area contributed by atoms with Crippen molar-refractivity contribution in [3.8, 4) is 11.5 Å². The molecule has 5 nitrogen and oxygen atoms in total. The molecule has 2 atom stereocenters. The van der Waals surface area contributed by atoms with E-state index in [-0.39, 0.29) is 6.04 Å². The summed E-state index contributed by atoms with van der Waals surface area (Å²) in [5, 5.41) is 0. The van der Waals surface area contributed by atoms with Crippen LogP contribution in [-0.2, 0) is 0 Å². The number of nitrogens with two attached hydrogens (primary N) is 1. The van der Waals surface area contributed by atoms with E-state index in [4.69, 9.17) is 15.2 Å². The van der Waals surface area contributed by atoms with Crippen LogP contribution in [0.4, 0.5) is 0 Å². The molecule has 2 aliphatic heterocycles. The summed E-state index contributed by atoms with van der Waals surface area (Å²) in [5.41, 5.74) is 7.32. The van der Waals surface area contributed by atoms with Gasteiger partial charge in [0, 0.05) is 31.7 Å². The summed E-state index contributed by atoms with van der Waals surface area (Å²) in [6.45, 7) is 6.55. The van der Waals surface area contributed by atoms with Crippen molar-refractivity contribution < 1.29 is 9.47 Å². The standard InChI is InChI=1S/C16H25N3O2/c1-12-10-18(2)6-3-7-19(12)14(9-17)13-4-5-15-16(8-13)21-11-20-15/h4-5,8,12,14H,3,6-7,9-11,17H2,1-2H3. The smallest absolute Gasteiger partial charge is 0.231 e. The highest BCUT2D eigenvalue weighted by atomic mass is 16.7. The minimum Gasteiger partial charge on any atom is -0.454 e. The number of fused-ring (bicyclic) bond motifs is 1. The lowest BCUT2D eigenvalue weighted by atomic mass is 10.0. The molecule has 1 aromatic carbocycles. The summed E-state index contributed by atoms with van der Waals surface area (Å²) in [6.07, 6.45) is 1.18. The van der Waals surface area contributed by atoms with Crippen molar-refractivity contribution in [2.45, 2.75) is 25.4 Å². The van der Waals surface area contributed by atoms with E-state index in [1.54, 1.807) is 0 Å². The fraction of sp³-hybridized carbons (Fsp3) is 0.625. The van der Waals surface area contributed by atoms with E-state index in [1.165, 1.54) is 12.0 Å². The SMILES string of the molecule is CC1CN(C)CCCN1C(CN)c1ccc2c(c1)OCO2. The first kappa shape index (κ1) is 14.6. The van der Waals surface area contributed by atoms with E-state index in [0.717, 1.165) is 31.1 Å². The summed E-state index contributed by atoms with van der Waals surface area (Å²) < 4.78 is 10.9. The van der Waals surface area contributed by atoms with Crippen molar-refractivity contribution in [1.82, 2.24) is 9.80 Å². The molecule has 2 aliphatic rings. The maximum Gasteiger partial charge on any atom is 0.231 e. The van der Waals surface area contributed by atoms with Gasteiger partial charge in [-0.1, -0.05) is 6.07 Å². The van der Waals surface area contributed by atoms with Crippen LogP contribution in [-0.4, -0.2) is 55.9 Å². The topological polar surface area (TPSA) is 51.0 Å². The second kappa shape index (κ2) is 6.22. The molecular formula is C16H25N3O2. The average Bonchev–Trinajstić information content (AvgIpc) is 2.87. The number of hydrogen-bond donors (Lipinski definition) is 1. The lowest BCUT2D eigenvalue weighted by molar-refractivity contribution is 0.146. The molecule has 2 N–H and O–H groups in total. The van der Waals surface area contributed by atoms with Crippen LogP contribution in [0, 0.1) is 0 Å². The first-order valence-corrected chi connectivity index (χ1v) is 7.73. The monoisotopic (exact) mass is 291 g/mol. The quantitative estimate of drug-likeness (QED) is 0.913. The van der Waals surface area contributed by atoms with E-state index in [1.807, 2.05) is 6.07 Å². The van der Waals surface area contributed by atoms with Crippen molar-refractivity contribution in [3.05, 3.63) is 23.8 Å². The van der Waals surface area contributed by atoms with Gasteiger partial charge in [0.05, 0.1) is 0 Å². The molecule has 5 heteroatoms. The molecule has 0 bridgehead atoms. The van der Waals surface area contributed by atoms with Gasteiger partial charge in [-0.3, -0.25) is 4.90 Å². The van der Waals surface area contributed by atoms with Crippen LogP contribution in [0.5, 0.6) is 11.5 Å². The molecule has 1 fully saturated rings. The van der Waals surface area contributed by atoms with Crippen LogP contribution in [0.15, 0.2) is 18.2 Å². The molecule has 0 radical (unpaired) electrons. The number of rotatable bonds is 3. The summed E-state index contributed by atoms with van der Waals surface area (Å²) in [5.74, 6) is 1.67. The molecule has 0 aliphatic carbocycles. The van der Waals surface area contributed by atoms with Gasteiger partial charge in [-0.2, -0.15) is 0 Å². The number of nitrogens with zero attached hydrogens (tertiary/aromatic N) is 2. The highest BCUT2D eigenvalue weighted by Gasteiger charge is 2.28. The number of hydrogen-bond acceptors (Lipinski definition) is 5. The van der Waals surface area contributed by atoms with Crippen LogP contribution < -0.4 is 15.2 Å². The van der Waals surface area contributed by atoms with E-state index in [0.29, 0.717) is 19.4 Å². The number of benzene rings is 1. The van der Waals surface area contributed by atoms with Gasteiger partial charge in [0.25, 0.3) is 0 Å². The Kier molecular flexibility index (Phi) is 4.33. The largest absolute Gasteiger partial charge is 0.454 e. The Balaban J connectivity index is 1.83. The third-order valence-corrected chi connectivity index (χ3v) is 4.50. The van der Waals surface area contributed by atoms with Gasteiger partial charge in [0.1, 0.15) is 0 Å². The maximum absolute atomic E-state index is 6.10. The molecule has 0 saturated carbocycles. The molecule has 2 unspecified atom stereocenters. The van der Waals surface area contributed by atoms with Gasteiger partial charge in [-0.05, 0) is 44.6 Å². The zero-order chi connectivity index (χ0) is 14.8. The molecule has 1 saturated heterocycles. The van der Waals surface area contributed by atoms with Gasteiger partial charge < -0.3 is 20.1 Å². The van der Waals surface area contributed by atoms with Crippen molar-refractivity contribution in [1.29, 1.82) is 0 Å². The Labute approximate surface area is 126 Å². The predicted octanol–water partition coefficient (Wildman–Crippen LogP) is 1.44. The Morgan fingerprint density at radius 1 is 1.29 bits per heavy atom. The second-order valence-corrected chi connectivity index (χ2v) is 6.07. The van der Waals surface area contributed by atoms with E-state index in [2.05, 4.69) is 35.9 Å². The first-order chi connectivity index (χ1) is 10.2. The fourth-order valence-corrected chi connectivity index (χ4v) is 3.44. The zero-order valence-electron chi connectivity index (χ0n) is 12.9. The zero-order valence-corrected chi connectivity index (χ0v) is 12.9. The van der Waals surface area contributed by atoms with E-state index in [9.17, 15) is 0 Å². The third kappa shape index (κ3) is 3.00. The molecule has 0 spiro atoms. The van der Waals surface area contributed by atoms with Gasteiger partial charge in [-0.15, -0.1) is 0 Å². The summed E-state index contributed by atoms with van der Waals surface area (Å²) in [7, 11) is 2.19.